The second kappa shape index (κ2) is 12.1. The largest absolute Gasteiger partial charge is 0.464 e. The van der Waals surface area contributed by atoms with E-state index in [1.807, 2.05) is 84.9 Å². The summed E-state index contributed by atoms with van der Waals surface area (Å²) in [6, 6.07) is 24.6. The Morgan fingerprint density at radius 2 is 1.48 bits per heavy atom. The number of carbonyl (C=O) groups excluding carboxylic acids is 3. The van der Waals surface area contributed by atoms with E-state index in [1.54, 1.807) is 33.6 Å². The van der Waals surface area contributed by atoms with Crippen LogP contribution < -0.4 is 4.90 Å². The zero-order chi connectivity index (χ0) is 28.2. The number of hydrogen-bond acceptors (Lipinski definition) is 4. The molecule has 2 saturated heterocycles. The minimum atomic E-state index is -0.911. The summed E-state index contributed by atoms with van der Waals surface area (Å²) in [5, 5.41) is 0. The maximum absolute atomic E-state index is 14.3. The van der Waals surface area contributed by atoms with Crippen molar-refractivity contribution >= 4 is 45.3 Å². The molecule has 3 aromatic carbocycles. The second-order valence-corrected chi connectivity index (χ2v) is 11.0. The quantitative estimate of drug-likeness (QED) is 0.322. The van der Waals surface area contributed by atoms with Crippen LogP contribution in [0.4, 0.5) is 21.0 Å². The normalized spacial score (nSPS) is 19.7. The number of benzene rings is 3. The smallest absolute Gasteiger partial charge is 0.331 e. The molecule has 208 valence electrons. The molecular formula is C31H33BrN4O4. The molecule has 2 aliphatic rings. The summed E-state index contributed by atoms with van der Waals surface area (Å²) in [6.07, 6.45) is 1.32. The van der Waals surface area contributed by atoms with Crippen LogP contribution in [-0.2, 0) is 16.1 Å². The first-order valence-corrected chi connectivity index (χ1v) is 14.3. The average Bonchev–Trinajstić information content (AvgIpc) is 3.27. The van der Waals surface area contributed by atoms with E-state index in [2.05, 4.69) is 15.9 Å². The molecule has 3 atom stereocenters. The number of esters is 1. The molecule has 0 spiro atoms. The Balaban J connectivity index is 1.45. The van der Waals surface area contributed by atoms with E-state index in [-0.39, 0.29) is 31.3 Å². The van der Waals surface area contributed by atoms with Crippen molar-refractivity contribution in [3.05, 3.63) is 95.0 Å². The molecule has 5 rings (SSSR count). The van der Waals surface area contributed by atoms with Crippen LogP contribution in [0.2, 0.25) is 0 Å². The number of fused-ring (bicyclic) bond motifs is 2. The molecule has 2 fully saturated rings. The number of para-hydroxylation sites is 2. The minimum Gasteiger partial charge on any atom is -0.464 e. The predicted octanol–water partition coefficient (Wildman–Crippen LogP) is 6.04. The van der Waals surface area contributed by atoms with Crippen LogP contribution in [0.15, 0.2) is 89.4 Å². The maximum Gasteiger partial charge on any atom is 0.331 e. The van der Waals surface area contributed by atoms with Gasteiger partial charge in [0.15, 0.2) is 6.04 Å². The average molecular weight is 606 g/mol. The third-order valence-electron chi connectivity index (χ3n) is 7.53. The lowest BCUT2D eigenvalue weighted by molar-refractivity contribution is -0.152. The number of urea groups is 2. The number of hydrogen-bond donors (Lipinski definition) is 0. The lowest BCUT2D eigenvalue weighted by Crippen LogP contribution is -2.67. The molecule has 0 radical (unpaired) electrons. The van der Waals surface area contributed by atoms with Crippen molar-refractivity contribution in [2.24, 2.45) is 0 Å². The summed E-state index contributed by atoms with van der Waals surface area (Å²) in [5.74, 6) is -0.490. The fraction of sp³-hybridized carbons (Fsp3) is 0.323. The highest BCUT2D eigenvalue weighted by molar-refractivity contribution is 9.10. The van der Waals surface area contributed by atoms with E-state index in [1.165, 1.54) is 0 Å². The number of rotatable bonds is 6. The molecular weight excluding hydrogens is 572 g/mol. The van der Waals surface area contributed by atoms with Crippen molar-refractivity contribution in [2.45, 2.75) is 44.4 Å². The van der Waals surface area contributed by atoms with Gasteiger partial charge in [0.1, 0.15) is 0 Å². The fourth-order valence-electron chi connectivity index (χ4n) is 5.74. The van der Waals surface area contributed by atoms with Gasteiger partial charge in [0, 0.05) is 24.6 Å². The van der Waals surface area contributed by atoms with Crippen molar-refractivity contribution in [1.29, 1.82) is 0 Å². The van der Waals surface area contributed by atoms with Gasteiger partial charge in [0.2, 0.25) is 0 Å². The Morgan fingerprint density at radius 1 is 0.875 bits per heavy atom. The van der Waals surface area contributed by atoms with Crippen LogP contribution in [0.25, 0.3) is 0 Å². The highest BCUT2D eigenvalue weighted by atomic mass is 79.9. The third-order valence-corrected chi connectivity index (χ3v) is 8.06. The van der Waals surface area contributed by atoms with Gasteiger partial charge in [-0.05, 0) is 61.7 Å². The van der Waals surface area contributed by atoms with E-state index in [9.17, 15) is 14.4 Å². The summed E-state index contributed by atoms with van der Waals surface area (Å²) in [6.45, 7) is 2.61. The highest BCUT2D eigenvalue weighted by Crippen LogP contribution is 2.38. The molecule has 9 heteroatoms. The molecule has 40 heavy (non-hydrogen) atoms. The van der Waals surface area contributed by atoms with Crippen LogP contribution in [0.1, 0.15) is 25.3 Å². The van der Waals surface area contributed by atoms with Gasteiger partial charge in [-0.3, -0.25) is 4.90 Å². The number of carbonyl (C=O) groups is 3. The van der Waals surface area contributed by atoms with E-state index < -0.39 is 18.1 Å². The van der Waals surface area contributed by atoms with Crippen LogP contribution in [0, 0.1) is 0 Å². The van der Waals surface area contributed by atoms with E-state index >= 15 is 0 Å². The summed E-state index contributed by atoms with van der Waals surface area (Å²) in [5.41, 5.74) is 2.39. The minimum absolute atomic E-state index is 0.153. The first kappa shape index (κ1) is 27.7. The van der Waals surface area contributed by atoms with Crippen molar-refractivity contribution in [1.82, 2.24) is 14.7 Å². The second-order valence-electron chi connectivity index (χ2n) is 10.1. The zero-order valence-electron chi connectivity index (χ0n) is 22.7. The van der Waals surface area contributed by atoms with Crippen LogP contribution in [0.3, 0.4) is 0 Å². The summed E-state index contributed by atoms with van der Waals surface area (Å²) >= 11 is 3.45. The number of piperazine rings is 1. The van der Waals surface area contributed by atoms with Crippen molar-refractivity contribution < 1.29 is 19.1 Å². The van der Waals surface area contributed by atoms with Gasteiger partial charge in [-0.25, -0.2) is 14.4 Å². The van der Waals surface area contributed by atoms with E-state index in [4.69, 9.17) is 4.74 Å². The zero-order valence-corrected chi connectivity index (χ0v) is 24.2. The van der Waals surface area contributed by atoms with Gasteiger partial charge < -0.3 is 19.4 Å². The number of anilines is 2. The SMILES string of the molecule is CCOC(=O)C1C2CCC(CN1C(=O)N(c1ccccc1)c1ccccc1)N2C(=O)N(C)Cc1ccc(Br)cc1. The van der Waals surface area contributed by atoms with Gasteiger partial charge in [-0.1, -0.05) is 64.5 Å². The molecule has 3 aromatic rings. The molecule has 2 aliphatic heterocycles. The molecule has 2 heterocycles. The number of ether oxygens (including phenoxy) is 1. The molecule has 4 amide bonds. The molecule has 0 saturated carbocycles. The standard InChI is InChI=1S/C31H33BrN4O4/c1-3-40-29(37)28-27-19-18-26(36(27)30(38)33(2)20-22-14-16-23(32)17-15-22)21-34(28)31(39)35(24-10-6-4-7-11-24)25-12-8-5-9-13-25/h4-17,26-28H,3,18-21H2,1-2H3. The van der Waals surface area contributed by atoms with Gasteiger partial charge in [0.25, 0.3) is 0 Å². The number of nitrogens with zero attached hydrogens (tertiary/aromatic N) is 4. The topological polar surface area (TPSA) is 73.4 Å². The first-order valence-electron chi connectivity index (χ1n) is 13.5. The van der Waals surface area contributed by atoms with Gasteiger partial charge in [-0.2, -0.15) is 0 Å². The first-order chi connectivity index (χ1) is 19.4. The molecule has 2 bridgehead atoms. The number of amides is 4. The van der Waals surface area contributed by atoms with Gasteiger partial charge >= 0.3 is 18.0 Å². The summed E-state index contributed by atoms with van der Waals surface area (Å²) in [7, 11) is 1.77. The lowest BCUT2D eigenvalue weighted by atomic mass is 10.0. The van der Waals surface area contributed by atoms with Gasteiger partial charge in [-0.15, -0.1) is 0 Å². The van der Waals surface area contributed by atoms with Crippen LogP contribution >= 0.6 is 15.9 Å². The lowest BCUT2D eigenvalue weighted by Gasteiger charge is -2.47. The van der Waals surface area contributed by atoms with Crippen LogP contribution in [-0.4, -0.2) is 71.1 Å². The molecule has 0 N–H and O–H groups in total. The molecule has 3 unspecified atom stereocenters. The Hall–Kier alpha value is -3.85. The molecule has 0 aromatic heterocycles. The fourth-order valence-corrected chi connectivity index (χ4v) is 6.00. The molecule has 8 nitrogen and oxygen atoms in total. The Kier molecular flexibility index (Phi) is 8.40. The Labute approximate surface area is 243 Å². The highest BCUT2D eigenvalue weighted by Gasteiger charge is 2.54. The van der Waals surface area contributed by atoms with E-state index in [0.29, 0.717) is 30.8 Å². The van der Waals surface area contributed by atoms with Crippen molar-refractivity contribution in [2.75, 3.05) is 25.1 Å². The number of halogens is 1. The molecule has 0 aliphatic carbocycles. The van der Waals surface area contributed by atoms with Crippen molar-refractivity contribution in [3.63, 3.8) is 0 Å². The Bertz CT molecular complexity index is 1300. The maximum atomic E-state index is 14.3. The predicted molar refractivity (Wildman–Crippen MR) is 157 cm³/mol. The van der Waals surface area contributed by atoms with E-state index in [0.717, 1.165) is 10.0 Å². The monoisotopic (exact) mass is 604 g/mol. The van der Waals surface area contributed by atoms with Crippen molar-refractivity contribution in [3.8, 4) is 0 Å². The summed E-state index contributed by atoms with van der Waals surface area (Å²) in [4.78, 5) is 48.3. The Morgan fingerprint density at radius 3 is 2.05 bits per heavy atom. The summed E-state index contributed by atoms with van der Waals surface area (Å²) < 4.78 is 6.47. The van der Waals surface area contributed by atoms with Crippen LogP contribution in [0.5, 0.6) is 0 Å². The third kappa shape index (κ3) is 5.56. The number of likely N-dealkylation sites (tertiary alicyclic amines) is 1. The van der Waals surface area contributed by atoms with Gasteiger partial charge in [0.05, 0.1) is 30.1 Å².